The molecule has 2 aromatic heterocycles. The van der Waals surface area contributed by atoms with E-state index in [0.717, 1.165) is 17.0 Å². The Morgan fingerprint density at radius 2 is 2.16 bits per heavy atom. The monoisotopic (exact) mass is 257 g/mol. The van der Waals surface area contributed by atoms with Crippen molar-refractivity contribution in [2.24, 2.45) is 0 Å². The number of nitrogens with one attached hydrogen (secondary N) is 1. The molecule has 1 amide bonds. The van der Waals surface area contributed by atoms with Crippen LogP contribution < -0.4 is 5.32 Å². The van der Waals surface area contributed by atoms with E-state index in [2.05, 4.69) is 15.3 Å². The summed E-state index contributed by atoms with van der Waals surface area (Å²) in [5.41, 5.74) is 3.62. The summed E-state index contributed by atoms with van der Waals surface area (Å²) in [7, 11) is 0. The Hall–Kier alpha value is -2.30. The number of hydrogen-bond acceptors (Lipinski definition) is 3. The second kappa shape index (κ2) is 4.12. The van der Waals surface area contributed by atoms with Gasteiger partial charge in [0.2, 0.25) is 6.17 Å². The lowest BCUT2D eigenvalue weighted by molar-refractivity contribution is -0.121. The summed E-state index contributed by atoms with van der Waals surface area (Å²) in [6, 6.07) is 5.23. The zero-order valence-electron chi connectivity index (χ0n) is 10.6. The number of hydrogen-bond donors (Lipinski definition) is 1. The van der Waals surface area contributed by atoms with E-state index in [9.17, 15) is 9.18 Å². The number of rotatable bonds is 0. The summed E-state index contributed by atoms with van der Waals surface area (Å²) < 4.78 is 14.1. The van der Waals surface area contributed by atoms with Crippen molar-refractivity contribution >= 4 is 11.6 Å². The highest BCUT2D eigenvalue weighted by Crippen LogP contribution is 2.39. The van der Waals surface area contributed by atoms with Gasteiger partial charge >= 0.3 is 0 Å². The summed E-state index contributed by atoms with van der Waals surface area (Å²) in [4.78, 5) is 20.2. The molecule has 1 aliphatic rings. The maximum absolute atomic E-state index is 14.1. The highest BCUT2D eigenvalue weighted by molar-refractivity contribution is 6.02. The average molecular weight is 257 g/mol. The lowest BCUT2D eigenvalue weighted by atomic mass is 10.00. The van der Waals surface area contributed by atoms with E-state index in [1.54, 1.807) is 18.2 Å². The van der Waals surface area contributed by atoms with Crippen LogP contribution in [-0.4, -0.2) is 15.9 Å². The first-order valence-electron chi connectivity index (χ1n) is 5.96. The van der Waals surface area contributed by atoms with Gasteiger partial charge in [0.1, 0.15) is 0 Å². The molecule has 5 heteroatoms. The minimum atomic E-state index is -1.76. The van der Waals surface area contributed by atoms with Crippen LogP contribution in [0.1, 0.15) is 23.3 Å². The number of alkyl halides is 1. The maximum Gasteiger partial charge on any atom is 0.265 e. The first-order valence-corrected chi connectivity index (χ1v) is 5.96. The molecule has 3 heterocycles. The normalized spacial score (nSPS) is 17.2. The summed E-state index contributed by atoms with van der Waals surface area (Å²) in [6.45, 7) is 3.68. The molecular weight excluding hydrogens is 245 g/mol. The number of nitrogens with zero attached hydrogens (tertiary/aromatic N) is 2. The zero-order chi connectivity index (χ0) is 13.6. The number of carbonyl (C=O) groups excluding carboxylic acids is 1. The molecule has 0 radical (unpaired) electrons. The Kier molecular flexibility index (Phi) is 2.55. The number of aromatic nitrogens is 2. The summed E-state index contributed by atoms with van der Waals surface area (Å²) in [5.74, 6) is -0.691. The SMILES string of the molecule is Cc1cc2c(c(C)n1)-c1cccnc1C(F)C(=O)N2. The van der Waals surface area contributed by atoms with Gasteiger partial charge in [-0.25, -0.2) is 4.39 Å². The highest BCUT2D eigenvalue weighted by Gasteiger charge is 2.30. The van der Waals surface area contributed by atoms with Crippen LogP contribution in [0.15, 0.2) is 24.4 Å². The molecule has 0 spiro atoms. The predicted molar refractivity (Wildman–Crippen MR) is 69.4 cm³/mol. The minimum Gasteiger partial charge on any atom is -0.322 e. The number of anilines is 1. The summed E-state index contributed by atoms with van der Waals surface area (Å²) >= 11 is 0. The summed E-state index contributed by atoms with van der Waals surface area (Å²) in [5, 5.41) is 2.61. The Morgan fingerprint density at radius 3 is 2.95 bits per heavy atom. The third-order valence-electron chi connectivity index (χ3n) is 3.16. The lowest BCUT2D eigenvalue weighted by Crippen LogP contribution is -2.17. The van der Waals surface area contributed by atoms with E-state index >= 15 is 0 Å². The molecular formula is C14H12FN3O. The smallest absolute Gasteiger partial charge is 0.265 e. The van der Waals surface area contributed by atoms with Gasteiger partial charge in [-0.05, 0) is 26.0 Å². The Balaban J connectivity index is 2.38. The molecule has 96 valence electrons. The van der Waals surface area contributed by atoms with Gasteiger partial charge in [0.05, 0.1) is 11.4 Å². The maximum atomic E-state index is 14.1. The lowest BCUT2D eigenvalue weighted by Gasteiger charge is -2.11. The van der Waals surface area contributed by atoms with Crippen LogP contribution in [0, 0.1) is 13.8 Å². The number of amides is 1. The van der Waals surface area contributed by atoms with Crippen molar-refractivity contribution in [3.05, 3.63) is 41.5 Å². The number of aryl methyl sites for hydroxylation is 2. The van der Waals surface area contributed by atoms with Gasteiger partial charge in [-0.1, -0.05) is 6.07 Å². The molecule has 0 saturated carbocycles. The van der Waals surface area contributed by atoms with Crippen LogP contribution in [0.3, 0.4) is 0 Å². The van der Waals surface area contributed by atoms with Crippen molar-refractivity contribution in [2.75, 3.05) is 5.32 Å². The predicted octanol–water partition coefficient (Wildman–Crippen LogP) is 2.72. The molecule has 0 fully saturated rings. The number of pyridine rings is 2. The van der Waals surface area contributed by atoms with E-state index in [1.807, 2.05) is 13.8 Å². The van der Waals surface area contributed by atoms with Crippen molar-refractivity contribution in [3.8, 4) is 11.1 Å². The van der Waals surface area contributed by atoms with E-state index in [1.165, 1.54) is 6.20 Å². The van der Waals surface area contributed by atoms with Gasteiger partial charge in [-0.2, -0.15) is 0 Å². The van der Waals surface area contributed by atoms with E-state index < -0.39 is 12.1 Å². The molecule has 1 unspecified atom stereocenters. The van der Waals surface area contributed by atoms with Gasteiger partial charge in [0.25, 0.3) is 5.91 Å². The van der Waals surface area contributed by atoms with Crippen molar-refractivity contribution in [3.63, 3.8) is 0 Å². The largest absolute Gasteiger partial charge is 0.322 e. The van der Waals surface area contributed by atoms with Gasteiger partial charge < -0.3 is 5.32 Å². The number of carbonyl (C=O) groups is 1. The third kappa shape index (κ3) is 1.78. The van der Waals surface area contributed by atoms with E-state index in [-0.39, 0.29) is 5.69 Å². The van der Waals surface area contributed by atoms with Gasteiger partial charge in [0, 0.05) is 28.7 Å². The molecule has 19 heavy (non-hydrogen) atoms. The second-order valence-electron chi connectivity index (χ2n) is 4.56. The first-order chi connectivity index (χ1) is 9.08. The Labute approximate surface area is 109 Å². The molecule has 2 aromatic rings. The topological polar surface area (TPSA) is 54.9 Å². The number of halogens is 1. The second-order valence-corrected chi connectivity index (χ2v) is 4.56. The highest BCUT2D eigenvalue weighted by atomic mass is 19.1. The standard InChI is InChI=1S/C14H12FN3O/c1-7-6-10-11(8(2)17-7)9-4-3-5-16-13(9)12(15)14(19)18-10/h3-6,12H,1-2H3,(H,18,19). The van der Waals surface area contributed by atoms with Crippen molar-refractivity contribution < 1.29 is 9.18 Å². The molecule has 0 aromatic carbocycles. The average Bonchev–Trinajstić information content (AvgIpc) is 2.46. The molecule has 0 aliphatic carbocycles. The van der Waals surface area contributed by atoms with Gasteiger partial charge in [0.15, 0.2) is 0 Å². The molecule has 1 atom stereocenters. The van der Waals surface area contributed by atoms with Crippen molar-refractivity contribution in [1.29, 1.82) is 0 Å². The fraction of sp³-hybridized carbons (Fsp3) is 0.214. The third-order valence-corrected chi connectivity index (χ3v) is 3.16. The minimum absolute atomic E-state index is 0.146. The quantitative estimate of drug-likeness (QED) is 0.789. The molecule has 1 aliphatic heterocycles. The molecule has 1 N–H and O–H groups in total. The Bertz CT molecular complexity index is 684. The molecule has 4 nitrogen and oxygen atoms in total. The fourth-order valence-electron chi connectivity index (χ4n) is 2.42. The fourth-order valence-corrected chi connectivity index (χ4v) is 2.42. The van der Waals surface area contributed by atoms with Crippen LogP contribution in [-0.2, 0) is 4.79 Å². The van der Waals surface area contributed by atoms with Crippen LogP contribution in [0.4, 0.5) is 10.1 Å². The number of fused-ring (bicyclic) bond motifs is 3. The van der Waals surface area contributed by atoms with Crippen LogP contribution >= 0.6 is 0 Å². The van der Waals surface area contributed by atoms with Crippen molar-refractivity contribution in [1.82, 2.24) is 9.97 Å². The molecule has 3 rings (SSSR count). The Morgan fingerprint density at radius 1 is 1.37 bits per heavy atom. The zero-order valence-corrected chi connectivity index (χ0v) is 10.6. The molecule has 0 saturated heterocycles. The van der Waals surface area contributed by atoms with Crippen LogP contribution in [0.5, 0.6) is 0 Å². The first kappa shape index (κ1) is 11.8. The van der Waals surface area contributed by atoms with Crippen LogP contribution in [0.25, 0.3) is 11.1 Å². The van der Waals surface area contributed by atoms with E-state index in [0.29, 0.717) is 11.3 Å². The van der Waals surface area contributed by atoms with Gasteiger partial charge in [-0.3, -0.25) is 14.8 Å². The van der Waals surface area contributed by atoms with Crippen molar-refractivity contribution in [2.45, 2.75) is 20.0 Å². The molecule has 0 bridgehead atoms. The van der Waals surface area contributed by atoms with Gasteiger partial charge in [-0.15, -0.1) is 0 Å². The van der Waals surface area contributed by atoms with E-state index in [4.69, 9.17) is 0 Å². The summed E-state index contributed by atoms with van der Waals surface area (Å²) in [6.07, 6.45) is -0.274. The van der Waals surface area contributed by atoms with Crippen LogP contribution in [0.2, 0.25) is 0 Å².